The number of hydrogen-bond donors (Lipinski definition) is 0. The van der Waals surface area contributed by atoms with Crippen LogP contribution in [0.3, 0.4) is 0 Å². The van der Waals surface area contributed by atoms with Crippen LogP contribution in [-0.4, -0.2) is 23.9 Å². The van der Waals surface area contributed by atoms with Crippen molar-refractivity contribution in [1.29, 1.82) is 0 Å². The van der Waals surface area contributed by atoms with E-state index >= 15 is 0 Å². The van der Waals surface area contributed by atoms with E-state index in [1.807, 2.05) is 36.1 Å². The second kappa shape index (κ2) is 9.20. The molecule has 0 saturated heterocycles. The Bertz CT molecular complexity index is 456. The molecule has 1 amide bonds. The molecule has 0 saturated carbocycles. The van der Waals surface area contributed by atoms with E-state index in [-0.39, 0.29) is 5.91 Å². The van der Waals surface area contributed by atoms with E-state index in [4.69, 9.17) is 0 Å². The van der Waals surface area contributed by atoms with E-state index in [1.165, 1.54) is 5.56 Å². The third-order valence-corrected chi connectivity index (χ3v) is 3.22. The van der Waals surface area contributed by atoms with Crippen molar-refractivity contribution in [3.8, 4) is 11.8 Å². The highest BCUT2D eigenvalue weighted by Gasteiger charge is 2.09. The van der Waals surface area contributed by atoms with Gasteiger partial charge < -0.3 is 4.90 Å². The van der Waals surface area contributed by atoms with Gasteiger partial charge >= 0.3 is 0 Å². The van der Waals surface area contributed by atoms with Crippen molar-refractivity contribution < 1.29 is 4.79 Å². The largest absolute Gasteiger partial charge is 0.332 e. The molecule has 0 atom stereocenters. The highest BCUT2D eigenvalue weighted by Crippen LogP contribution is 2.02. The van der Waals surface area contributed by atoms with Crippen molar-refractivity contribution in [3.05, 3.63) is 35.4 Å². The summed E-state index contributed by atoms with van der Waals surface area (Å²) in [6.45, 7) is 7.95. The summed E-state index contributed by atoms with van der Waals surface area (Å²) in [7, 11) is 0. The average Bonchev–Trinajstić information content (AvgIpc) is 2.46. The summed E-state index contributed by atoms with van der Waals surface area (Å²) in [5, 5.41) is 0. The molecule has 0 aliphatic heterocycles. The first-order chi connectivity index (χ1) is 9.67. The van der Waals surface area contributed by atoms with Crippen LogP contribution in [0, 0.1) is 18.8 Å². The number of rotatable bonds is 6. The van der Waals surface area contributed by atoms with Gasteiger partial charge in [0.25, 0.3) is 5.91 Å². The van der Waals surface area contributed by atoms with Crippen molar-refractivity contribution in [2.24, 2.45) is 0 Å². The second-order valence-corrected chi connectivity index (χ2v) is 5.12. The highest BCUT2D eigenvalue weighted by atomic mass is 16.2. The van der Waals surface area contributed by atoms with E-state index in [0.29, 0.717) is 0 Å². The summed E-state index contributed by atoms with van der Waals surface area (Å²) in [6.07, 6.45) is 4.28. The Hall–Kier alpha value is -1.75. The van der Waals surface area contributed by atoms with E-state index in [9.17, 15) is 4.79 Å². The highest BCUT2D eigenvalue weighted by molar-refractivity contribution is 5.94. The topological polar surface area (TPSA) is 20.3 Å². The van der Waals surface area contributed by atoms with E-state index in [2.05, 4.69) is 25.7 Å². The van der Waals surface area contributed by atoms with Gasteiger partial charge in [0, 0.05) is 24.6 Å². The Balaban J connectivity index is 2.67. The lowest BCUT2D eigenvalue weighted by molar-refractivity contribution is -0.125. The van der Waals surface area contributed by atoms with Crippen LogP contribution in [0.5, 0.6) is 0 Å². The average molecular weight is 271 g/mol. The fraction of sp³-hybridized carbons (Fsp3) is 0.500. The van der Waals surface area contributed by atoms with Crippen LogP contribution < -0.4 is 0 Å². The standard InChI is InChI=1S/C18H25NO/c1-4-6-14-19(15-7-5-2)18(20)13-12-17-10-8-16(3)9-11-17/h8-11H,4-7,14-15H2,1-3H3. The molecule has 108 valence electrons. The molecule has 1 rings (SSSR count). The summed E-state index contributed by atoms with van der Waals surface area (Å²) in [4.78, 5) is 14.0. The lowest BCUT2D eigenvalue weighted by Crippen LogP contribution is -2.31. The predicted molar refractivity (Wildman–Crippen MR) is 84.5 cm³/mol. The first kappa shape index (κ1) is 16.3. The maximum Gasteiger partial charge on any atom is 0.298 e. The third-order valence-electron chi connectivity index (χ3n) is 3.22. The Kier molecular flexibility index (Phi) is 7.50. The van der Waals surface area contributed by atoms with Crippen LogP contribution in [0.15, 0.2) is 24.3 Å². The first-order valence-corrected chi connectivity index (χ1v) is 7.55. The van der Waals surface area contributed by atoms with Gasteiger partial charge in [-0.05, 0) is 31.9 Å². The molecule has 20 heavy (non-hydrogen) atoms. The van der Waals surface area contributed by atoms with E-state index in [0.717, 1.165) is 44.3 Å². The Morgan fingerprint density at radius 2 is 1.60 bits per heavy atom. The summed E-state index contributed by atoms with van der Waals surface area (Å²) in [6, 6.07) is 7.94. The van der Waals surface area contributed by atoms with Gasteiger partial charge in [-0.2, -0.15) is 0 Å². The van der Waals surface area contributed by atoms with Crippen molar-refractivity contribution in [1.82, 2.24) is 4.90 Å². The summed E-state index contributed by atoms with van der Waals surface area (Å²) < 4.78 is 0. The molecule has 0 aromatic heterocycles. The minimum absolute atomic E-state index is 0.0486. The van der Waals surface area contributed by atoms with Gasteiger partial charge in [-0.15, -0.1) is 0 Å². The predicted octanol–water partition coefficient (Wildman–Crippen LogP) is 3.78. The quantitative estimate of drug-likeness (QED) is 0.721. The lowest BCUT2D eigenvalue weighted by atomic mass is 10.1. The molecule has 1 aromatic carbocycles. The van der Waals surface area contributed by atoms with Crippen molar-refractivity contribution in [3.63, 3.8) is 0 Å². The summed E-state index contributed by atoms with van der Waals surface area (Å²) in [5.41, 5.74) is 2.10. The number of amides is 1. The molecule has 2 nitrogen and oxygen atoms in total. The molecule has 0 aliphatic rings. The summed E-state index contributed by atoms with van der Waals surface area (Å²) >= 11 is 0. The Labute approximate surface area is 123 Å². The van der Waals surface area contributed by atoms with Gasteiger partial charge in [-0.3, -0.25) is 4.79 Å². The minimum Gasteiger partial charge on any atom is -0.332 e. The van der Waals surface area contributed by atoms with Crippen LogP contribution in [-0.2, 0) is 4.79 Å². The van der Waals surface area contributed by atoms with Crippen LogP contribution in [0.1, 0.15) is 50.7 Å². The number of carbonyl (C=O) groups excluding carboxylic acids is 1. The second-order valence-electron chi connectivity index (χ2n) is 5.12. The minimum atomic E-state index is -0.0486. The van der Waals surface area contributed by atoms with Gasteiger partial charge in [0.1, 0.15) is 0 Å². The molecule has 0 heterocycles. The number of carbonyl (C=O) groups is 1. The third kappa shape index (κ3) is 5.93. The molecular formula is C18H25NO. The Morgan fingerprint density at radius 3 is 2.10 bits per heavy atom. The number of hydrogen-bond acceptors (Lipinski definition) is 1. The maximum atomic E-state index is 12.1. The van der Waals surface area contributed by atoms with E-state index in [1.54, 1.807) is 0 Å². The van der Waals surface area contributed by atoms with Gasteiger partial charge in [0.15, 0.2) is 0 Å². The molecule has 0 aliphatic carbocycles. The number of benzene rings is 1. The number of aryl methyl sites for hydroxylation is 1. The lowest BCUT2D eigenvalue weighted by Gasteiger charge is -2.19. The van der Waals surface area contributed by atoms with Crippen LogP contribution in [0.25, 0.3) is 0 Å². The van der Waals surface area contributed by atoms with E-state index < -0.39 is 0 Å². The fourth-order valence-electron chi connectivity index (χ4n) is 1.85. The maximum absolute atomic E-state index is 12.1. The first-order valence-electron chi connectivity index (χ1n) is 7.55. The monoisotopic (exact) mass is 271 g/mol. The molecule has 0 fully saturated rings. The smallest absolute Gasteiger partial charge is 0.298 e. The fourth-order valence-corrected chi connectivity index (χ4v) is 1.85. The van der Waals surface area contributed by atoms with Crippen molar-refractivity contribution in [2.75, 3.05) is 13.1 Å². The van der Waals surface area contributed by atoms with Gasteiger partial charge in [-0.1, -0.05) is 50.3 Å². The molecule has 0 unspecified atom stereocenters. The van der Waals surface area contributed by atoms with Crippen molar-refractivity contribution >= 4 is 5.91 Å². The zero-order valence-electron chi connectivity index (χ0n) is 12.9. The zero-order valence-corrected chi connectivity index (χ0v) is 12.9. The molecule has 2 heteroatoms. The summed E-state index contributed by atoms with van der Waals surface area (Å²) in [5.74, 6) is 5.69. The van der Waals surface area contributed by atoms with Crippen LogP contribution >= 0.6 is 0 Å². The van der Waals surface area contributed by atoms with Crippen LogP contribution in [0.4, 0.5) is 0 Å². The zero-order chi connectivity index (χ0) is 14.8. The number of nitrogens with zero attached hydrogens (tertiary/aromatic N) is 1. The van der Waals surface area contributed by atoms with Gasteiger partial charge in [0.2, 0.25) is 0 Å². The van der Waals surface area contributed by atoms with Gasteiger partial charge in [-0.25, -0.2) is 0 Å². The molecule has 0 spiro atoms. The van der Waals surface area contributed by atoms with Gasteiger partial charge in [0.05, 0.1) is 0 Å². The molecule has 0 radical (unpaired) electrons. The normalized spacial score (nSPS) is 9.75. The SMILES string of the molecule is CCCCN(CCCC)C(=O)C#Cc1ccc(C)cc1. The number of unbranched alkanes of at least 4 members (excludes halogenated alkanes) is 2. The van der Waals surface area contributed by atoms with Crippen molar-refractivity contribution in [2.45, 2.75) is 46.5 Å². The molecule has 1 aromatic rings. The van der Waals surface area contributed by atoms with Crippen LogP contribution in [0.2, 0.25) is 0 Å². The molecule has 0 N–H and O–H groups in total. The molecular weight excluding hydrogens is 246 g/mol. The molecule has 0 bridgehead atoms. The Morgan fingerprint density at radius 1 is 1.05 bits per heavy atom.